The zero-order chi connectivity index (χ0) is 13.6. The van der Waals surface area contributed by atoms with Crippen molar-refractivity contribution in [2.45, 2.75) is 77.6 Å². The van der Waals surface area contributed by atoms with E-state index in [1.54, 1.807) is 0 Å². The van der Waals surface area contributed by atoms with E-state index < -0.39 is 5.97 Å². The normalized spacial score (nSPS) is 9.79. The summed E-state index contributed by atoms with van der Waals surface area (Å²) in [5.74, 6) is 3.94. The SMILES string of the molecule is CCCCCCCCCCCC(=O)CC(=O)ON.[Na+]. The largest absolute Gasteiger partial charge is 1.00 e. The van der Waals surface area contributed by atoms with E-state index in [0.29, 0.717) is 6.42 Å². The first kappa shape index (κ1) is 21.4. The molecule has 0 saturated carbocycles. The molecule has 0 heterocycles. The van der Waals surface area contributed by atoms with Gasteiger partial charge in [-0.2, -0.15) is 5.90 Å². The first-order valence-electron chi connectivity index (χ1n) is 7.12. The van der Waals surface area contributed by atoms with Crippen LogP contribution in [0.1, 0.15) is 77.6 Å². The molecule has 2 N–H and O–H groups in total. The molecule has 5 heteroatoms. The van der Waals surface area contributed by atoms with Gasteiger partial charge in [-0.15, -0.1) is 0 Å². The minimum atomic E-state index is -0.643. The maximum absolute atomic E-state index is 11.3. The van der Waals surface area contributed by atoms with Gasteiger partial charge in [0.25, 0.3) is 0 Å². The molecule has 0 radical (unpaired) electrons. The number of hydrogen-bond acceptors (Lipinski definition) is 4. The molecule has 0 aromatic rings. The zero-order valence-corrected chi connectivity index (χ0v) is 14.6. The average molecular weight is 280 g/mol. The molecule has 4 nitrogen and oxygen atoms in total. The smallest absolute Gasteiger partial charge is 0.373 e. The van der Waals surface area contributed by atoms with Crippen LogP contribution in [0.2, 0.25) is 0 Å². The Morgan fingerprint density at radius 3 is 1.84 bits per heavy atom. The van der Waals surface area contributed by atoms with Crippen LogP contribution < -0.4 is 35.5 Å². The quantitative estimate of drug-likeness (QED) is 0.241. The van der Waals surface area contributed by atoms with E-state index in [4.69, 9.17) is 0 Å². The van der Waals surface area contributed by atoms with Gasteiger partial charge in [0.15, 0.2) is 0 Å². The Bertz CT molecular complexity index is 235. The Labute approximate surface area is 139 Å². The molecule has 0 saturated heterocycles. The van der Waals surface area contributed by atoms with Gasteiger partial charge < -0.3 is 4.84 Å². The molecular formula is C14H27NNaO3+. The van der Waals surface area contributed by atoms with Gasteiger partial charge in [-0.25, -0.2) is 4.79 Å². The second kappa shape index (κ2) is 16.2. The number of hydrogen-bond donors (Lipinski definition) is 1. The van der Waals surface area contributed by atoms with Crippen LogP contribution in [0, 0.1) is 0 Å². The molecule has 0 aromatic heterocycles. The van der Waals surface area contributed by atoms with Gasteiger partial charge in [-0.3, -0.25) is 4.79 Å². The van der Waals surface area contributed by atoms with Gasteiger partial charge in [0.05, 0.1) is 0 Å². The van der Waals surface area contributed by atoms with Crippen LogP contribution in [0.25, 0.3) is 0 Å². The van der Waals surface area contributed by atoms with E-state index in [-0.39, 0.29) is 41.8 Å². The summed E-state index contributed by atoms with van der Waals surface area (Å²) in [6.07, 6.45) is 11.2. The van der Waals surface area contributed by atoms with Crippen molar-refractivity contribution in [3.63, 3.8) is 0 Å². The number of carbonyl (C=O) groups excluding carboxylic acids is 2. The first-order chi connectivity index (χ1) is 8.70. The van der Waals surface area contributed by atoms with E-state index in [1.807, 2.05) is 0 Å². The summed E-state index contributed by atoms with van der Waals surface area (Å²) in [5, 5.41) is 0. The molecule has 0 atom stereocenters. The van der Waals surface area contributed by atoms with Crippen molar-refractivity contribution in [3.05, 3.63) is 0 Å². The summed E-state index contributed by atoms with van der Waals surface area (Å²) in [6, 6.07) is 0. The molecule has 0 spiro atoms. The Balaban J connectivity index is 0. The third kappa shape index (κ3) is 16.0. The number of nitrogens with two attached hydrogens (primary N) is 1. The third-order valence-electron chi connectivity index (χ3n) is 3.03. The van der Waals surface area contributed by atoms with E-state index in [2.05, 4.69) is 17.7 Å². The zero-order valence-electron chi connectivity index (χ0n) is 12.6. The summed E-state index contributed by atoms with van der Waals surface area (Å²) in [6.45, 7) is 2.22. The predicted octanol–water partition coefficient (Wildman–Crippen LogP) is 0.287. The van der Waals surface area contributed by atoms with Crippen LogP contribution in [0.4, 0.5) is 0 Å². The molecule has 0 aromatic carbocycles. The second-order valence-electron chi connectivity index (χ2n) is 4.78. The summed E-state index contributed by atoms with van der Waals surface area (Å²) >= 11 is 0. The van der Waals surface area contributed by atoms with Crippen molar-refractivity contribution < 1.29 is 44.0 Å². The summed E-state index contributed by atoms with van der Waals surface area (Å²) in [5.41, 5.74) is 0. The monoisotopic (exact) mass is 280 g/mol. The summed E-state index contributed by atoms with van der Waals surface area (Å²) in [7, 11) is 0. The summed E-state index contributed by atoms with van der Waals surface area (Å²) < 4.78 is 0. The molecule has 106 valence electrons. The Morgan fingerprint density at radius 2 is 1.37 bits per heavy atom. The van der Waals surface area contributed by atoms with Crippen molar-refractivity contribution in [2.24, 2.45) is 5.90 Å². The van der Waals surface area contributed by atoms with Gasteiger partial charge in [0, 0.05) is 6.42 Å². The fourth-order valence-corrected chi connectivity index (χ4v) is 1.92. The molecule has 0 aliphatic carbocycles. The Morgan fingerprint density at radius 1 is 0.895 bits per heavy atom. The minimum Gasteiger partial charge on any atom is -0.373 e. The first-order valence-corrected chi connectivity index (χ1v) is 7.12. The second-order valence-corrected chi connectivity index (χ2v) is 4.78. The number of Topliss-reactive ketones (excluding diaryl/α,β-unsaturated/α-hetero) is 1. The van der Waals surface area contributed by atoms with Crippen LogP contribution in [-0.2, 0) is 14.4 Å². The maximum atomic E-state index is 11.3. The predicted molar refractivity (Wildman–Crippen MR) is 71.7 cm³/mol. The fraction of sp³-hybridized carbons (Fsp3) is 0.857. The van der Waals surface area contributed by atoms with Crippen molar-refractivity contribution in [3.8, 4) is 0 Å². The minimum absolute atomic E-state index is 0. The Kier molecular flexibility index (Phi) is 18.2. The molecule has 0 unspecified atom stereocenters. The molecular weight excluding hydrogens is 253 g/mol. The van der Waals surface area contributed by atoms with Crippen LogP contribution in [0.15, 0.2) is 0 Å². The van der Waals surface area contributed by atoms with E-state index in [1.165, 1.54) is 44.9 Å². The maximum Gasteiger partial charge on any atom is 1.00 e. The number of carbonyl (C=O) groups is 2. The summed E-state index contributed by atoms with van der Waals surface area (Å²) in [4.78, 5) is 25.9. The van der Waals surface area contributed by atoms with E-state index in [0.717, 1.165) is 12.8 Å². The van der Waals surface area contributed by atoms with Gasteiger partial charge in [0.2, 0.25) is 0 Å². The molecule has 0 aliphatic rings. The van der Waals surface area contributed by atoms with Crippen molar-refractivity contribution in [1.82, 2.24) is 0 Å². The van der Waals surface area contributed by atoms with Crippen molar-refractivity contribution in [2.75, 3.05) is 0 Å². The van der Waals surface area contributed by atoms with Gasteiger partial charge in [-0.1, -0.05) is 58.3 Å². The molecule has 0 aliphatic heterocycles. The molecule has 19 heavy (non-hydrogen) atoms. The van der Waals surface area contributed by atoms with Gasteiger partial charge in [0.1, 0.15) is 12.2 Å². The third-order valence-corrected chi connectivity index (χ3v) is 3.03. The number of rotatable bonds is 12. The topological polar surface area (TPSA) is 69.4 Å². The van der Waals surface area contributed by atoms with E-state index in [9.17, 15) is 9.59 Å². The average Bonchev–Trinajstić information content (AvgIpc) is 2.36. The van der Waals surface area contributed by atoms with Gasteiger partial charge >= 0.3 is 35.5 Å². The van der Waals surface area contributed by atoms with Crippen LogP contribution in [-0.4, -0.2) is 11.8 Å². The number of ketones is 1. The van der Waals surface area contributed by atoms with Crippen molar-refractivity contribution in [1.29, 1.82) is 0 Å². The van der Waals surface area contributed by atoms with Gasteiger partial charge in [-0.05, 0) is 6.42 Å². The molecule has 0 amide bonds. The molecule has 0 rings (SSSR count). The Hall–Kier alpha value is 0.1000. The van der Waals surface area contributed by atoms with Crippen LogP contribution in [0.5, 0.6) is 0 Å². The van der Waals surface area contributed by atoms with Crippen LogP contribution >= 0.6 is 0 Å². The number of unbranched alkanes of at least 4 members (excludes halogenated alkanes) is 8. The van der Waals surface area contributed by atoms with E-state index >= 15 is 0 Å². The molecule has 0 bridgehead atoms. The fourth-order valence-electron chi connectivity index (χ4n) is 1.92. The molecule has 0 fully saturated rings. The standard InChI is InChI=1S/C14H27NO3.Na/c1-2-3-4-5-6-7-8-9-10-11-13(16)12-14(17)18-15;/h2-12,15H2,1H3;/q;+1. The van der Waals surface area contributed by atoms with Crippen molar-refractivity contribution >= 4 is 11.8 Å². The van der Waals surface area contributed by atoms with Crippen LogP contribution in [0.3, 0.4) is 0 Å².